The number of hydrogen-bond acceptors (Lipinski definition) is 4. The third-order valence-corrected chi connectivity index (χ3v) is 3.89. The highest BCUT2D eigenvalue weighted by Crippen LogP contribution is 2.28. The molecule has 0 aromatic heterocycles. The van der Waals surface area contributed by atoms with Crippen LogP contribution < -0.4 is 16.4 Å². The van der Waals surface area contributed by atoms with Crippen molar-refractivity contribution in [1.29, 1.82) is 0 Å². The Balaban J connectivity index is 2.68. The van der Waals surface area contributed by atoms with Gasteiger partial charge in [-0.3, -0.25) is 9.59 Å². The van der Waals surface area contributed by atoms with Gasteiger partial charge < -0.3 is 21.5 Å². The third-order valence-electron chi connectivity index (χ3n) is 3.89. The van der Waals surface area contributed by atoms with Crippen LogP contribution >= 0.6 is 0 Å². The number of hydrogen-bond donors (Lipinski definition) is 4. The lowest BCUT2D eigenvalue weighted by molar-refractivity contribution is -0.142. The quantitative estimate of drug-likeness (QED) is 0.570. The summed E-state index contributed by atoms with van der Waals surface area (Å²) in [4.78, 5) is 35.4. The fourth-order valence-electron chi connectivity index (χ4n) is 2.92. The fraction of sp³-hybridized carbons (Fsp3) is 0.812. The van der Waals surface area contributed by atoms with Gasteiger partial charge in [0, 0.05) is 11.5 Å². The molecule has 0 aromatic rings. The van der Waals surface area contributed by atoms with Crippen LogP contribution in [0, 0.1) is 11.3 Å². The summed E-state index contributed by atoms with van der Waals surface area (Å²) in [5.41, 5.74) is 5.36. The van der Waals surface area contributed by atoms with Crippen LogP contribution in [-0.4, -0.2) is 40.5 Å². The molecule has 0 spiro atoms. The van der Waals surface area contributed by atoms with Crippen molar-refractivity contribution in [3.8, 4) is 0 Å². The number of nitrogens with two attached hydrogens (primary N) is 1. The van der Waals surface area contributed by atoms with Gasteiger partial charge in [-0.15, -0.1) is 0 Å². The minimum atomic E-state index is -1.15. The van der Waals surface area contributed by atoms with E-state index in [0.29, 0.717) is 12.8 Å². The van der Waals surface area contributed by atoms with Crippen molar-refractivity contribution >= 4 is 17.8 Å². The maximum absolute atomic E-state index is 12.1. The highest BCUT2D eigenvalue weighted by Gasteiger charge is 2.40. The predicted octanol–water partition coefficient (Wildman–Crippen LogP) is 0.624. The minimum absolute atomic E-state index is 0.0680. The normalized spacial score (nSPS) is 23.0. The molecule has 132 valence electrons. The summed E-state index contributed by atoms with van der Waals surface area (Å²) in [7, 11) is 0. The van der Waals surface area contributed by atoms with Crippen LogP contribution in [-0.2, 0) is 14.4 Å². The number of carbonyl (C=O) groups is 3. The second kappa shape index (κ2) is 6.86. The summed E-state index contributed by atoms with van der Waals surface area (Å²) in [6.07, 6.45) is 1.06. The smallest absolute Gasteiger partial charge is 0.326 e. The summed E-state index contributed by atoms with van der Waals surface area (Å²) in [5.74, 6) is -2.25. The van der Waals surface area contributed by atoms with Gasteiger partial charge in [-0.1, -0.05) is 20.8 Å². The van der Waals surface area contributed by atoms with Gasteiger partial charge in [0.15, 0.2) is 0 Å². The van der Waals surface area contributed by atoms with Gasteiger partial charge in [-0.25, -0.2) is 4.79 Å². The molecule has 5 N–H and O–H groups in total. The Morgan fingerprint density at radius 3 is 2.39 bits per heavy atom. The standard InChI is InChI=1S/C16H29N3O4/c1-15(2,3)8-10(17)13(21)18-11(14(22)23)6-9-7-16(4,5)19-12(9)20/h9-11H,6-8,17H2,1-5H3,(H,18,21)(H,19,20)(H,22,23). The molecule has 1 heterocycles. The zero-order valence-electron chi connectivity index (χ0n) is 14.6. The van der Waals surface area contributed by atoms with E-state index < -0.39 is 29.9 Å². The SMILES string of the molecule is CC(C)(C)CC(N)C(=O)NC(CC1CC(C)(C)NC1=O)C(=O)O. The molecule has 7 nitrogen and oxygen atoms in total. The number of carboxylic acid groups (broad SMARTS) is 1. The predicted molar refractivity (Wildman–Crippen MR) is 86.6 cm³/mol. The van der Waals surface area contributed by atoms with Gasteiger partial charge in [-0.2, -0.15) is 0 Å². The van der Waals surface area contributed by atoms with E-state index >= 15 is 0 Å². The lowest BCUT2D eigenvalue weighted by Gasteiger charge is -2.24. The number of amides is 2. The molecule has 23 heavy (non-hydrogen) atoms. The highest BCUT2D eigenvalue weighted by atomic mass is 16.4. The van der Waals surface area contributed by atoms with Crippen LogP contribution in [0.15, 0.2) is 0 Å². The van der Waals surface area contributed by atoms with Gasteiger partial charge >= 0.3 is 5.97 Å². The van der Waals surface area contributed by atoms with Crippen molar-refractivity contribution in [3.05, 3.63) is 0 Å². The zero-order chi connectivity index (χ0) is 18.0. The molecule has 7 heteroatoms. The van der Waals surface area contributed by atoms with Crippen molar-refractivity contribution in [1.82, 2.24) is 10.6 Å². The van der Waals surface area contributed by atoms with Gasteiger partial charge in [0.1, 0.15) is 6.04 Å². The molecule has 0 saturated carbocycles. The monoisotopic (exact) mass is 327 g/mol. The maximum Gasteiger partial charge on any atom is 0.326 e. The van der Waals surface area contributed by atoms with Crippen LogP contribution in [0.4, 0.5) is 0 Å². The molecule has 0 aromatic carbocycles. The molecule has 1 aliphatic heterocycles. The molecular weight excluding hydrogens is 298 g/mol. The second-order valence-electron chi connectivity index (χ2n) is 8.28. The van der Waals surface area contributed by atoms with Crippen molar-refractivity contribution in [3.63, 3.8) is 0 Å². The summed E-state index contributed by atoms with van der Waals surface area (Å²) in [6, 6.07) is -1.89. The topological polar surface area (TPSA) is 122 Å². The van der Waals surface area contributed by atoms with E-state index in [-0.39, 0.29) is 23.3 Å². The number of aliphatic carboxylic acids is 1. The lowest BCUT2D eigenvalue weighted by Crippen LogP contribution is -2.50. The van der Waals surface area contributed by atoms with Crippen molar-refractivity contribution in [2.45, 2.75) is 71.5 Å². The Bertz CT molecular complexity index is 482. The van der Waals surface area contributed by atoms with Gasteiger partial charge in [0.25, 0.3) is 0 Å². The van der Waals surface area contributed by atoms with Gasteiger partial charge in [0.05, 0.1) is 6.04 Å². The van der Waals surface area contributed by atoms with Crippen LogP contribution in [0.25, 0.3) is 0 Å². The maximum atomic E-state index is 12.1. The Kier molecular flexibility index (Phi) is 5.79. The van der Waals surface area contributed by atoms with Crippen LogP contribution in [0.5, 0.6) is 0 Å². The Morgan fingerprint density at radius 2 is 2.00 bits per heavy atom. The molecule has 0 bridgehead atoms. The van der Waals surface area contributed by atoms with Crippen molar-refractivity contribution in [2.24, 2.45) is 17.1 Å². The minimum Gasteiger partial charge on any atom is -0.480 e. The van der Waals surface area contributed by atoms with Crippen LogP contribution in [0.3, 0.4) is 0 Å². The number of nitrogens with one attached hydrogen (secondary N) is 2. The van der Waals surface area contributed by atoms with Crippen molar-refractivity contribution in [2.75, 3.05) is 0 Å². The first-order valence-corrected chi connectivity index (χ1v) is 7.91. The molecule has 1 rings (SSSR count). The van der Waals surface area contributed by atoms with E-state index in [1.165, 1.54) is 0 Å². The summed E-state index contributed by atoms with van der Waals surface area (Å²) >= 11 is 0. The number of rotatable bonds is 6. The van der Waals surface area contributed by atoms with Crippen LogP contribution in [0.2, 0.25) is 0 Å². The van der Waals surface area contributed by atoms with E-state index in [4.69, 9.17) is 5.73 Å². The second-order valence-corrected chi connectivity index (χ2v) is 8.28. The molecule has 3 atom stereocenters. The zero-order valence-corrected chi connectivity index (χ0v) is 14.6. The summed E-state index contributed by atoms with van der Waals surface area (Å²) < 4.78 is 0. The molecule has 1 fully saturated rings. The molecule has 3 unspecified atom stereocenters. The van der Waals surface area contributed by atoms with E-state index in [1.807, 2.05) is 34.6 Å². The first-order valence-electron chi connectivity index (χ1n) is 7.91. The molecule has 1 saturated heterocycles. The fourth-order valence-corrected chi connectivity index (χ4v) is 2.92. The molecule has 1 aliphatic rings. The largest absolute Gasteiger partial charge is 0.480 e. The Morgan fingerprint density at radius 1 is 1.43 bits per heavy atom. The average Bonchev–Trinajstić information content (AvgIpc) is 2.58. The molecule has 2 amide bonds. The van der Waals surface area contributed by atoms with Gasteiger partial charge in [-0.05, 0) is 38.5 Å². The number of carbonyl (C=O) groups excluding carboxylic acids is 2. The van der Waals surface area contributed by atoms with E-state index in [2.05, 4.69) is 10.6 Å². The summed E-state index contributed by atoms with van der Waals surface area (Å²) in [5, 5.41) is 14.6. The average molecular weight is 327 g/mol. The number of carboxylic acids is 1. The van der Waals surface area contributed by atoms with E-state index in [0.717, 1.165) is 0 Å². The Hall–Kier alpha value is -1.63. The Labute approximate surface area is 137 Å². The third kappa shape index (κ3) is 6.17. The lowest BCUT2D eigenvalue weighted by atomic mass is 9.87. The first kappa shape index (κ1) is 19.4. The highest BCUT2D eigenvalue weighted by molar-refractivity contribution is 5.88. The van der Waals surface area contributed by atoms with E-state index in [9.17, 15) is 19.5 Å². The van der Waals surface area contributed by atoms with Crippen LogP contribution in [0.1, 0.15) is 53.9 Å². The first-order chi connectivity index (χ1) is 10.3. The van der Waals surface area contributed by atoms with Gasteiger partial charge in [0.2, 0.25) is 11.8 Å². The van der Waals surface area contributed by atoms with E-state index in [1.54, 1.807) is 0 Å². The molecule has 0 aliphatic carbocycles. The summed E-state index contributed by atoms with van der Waals surface area (Å²) in [6.45, 7) is 9.65. The molecular formula is C16H29N3O4. The molecule has 0 radical (unpaired) electrons. The van der Waals surface area contributed by atoms with Crippen molar-refractivity contribution < 1.29 is 19.5 Å².